The highest BCUT2D eigenvalue weighted by molar-refractivity contribution is 5.47. The molecule has 4 nitrogen and oxygen atoms in total. The van der Waals surface area contributed by atoms with Gasteiger partial charge in [0, 0.05) is 11.4 Å². The van der Waals surface area contributed by atoms with E-state index in [2.05, 4.69) is 28.5 Å². The van der Waals surface area contributed by atoms with Crippen molar-refractivity contribution in [3.63, 3.8) is 0 Å². The molecule has 0 spiro atoms. The summed E-state index contributed by atoms with van der Waals surface area (Å²) in [5, 5.41) is 3.37. The normalized spacial score (nSPS) is 14.8. The van der Waals surface area contributed by atoms with Gasteiger partial charge >= 0.3 is 0 Å². The van der Waals surface area contributed by atoms with Crippen LogP contribution in [0.4, 0.5) is 0 Å². The number of aromatic nitrogens is 1. The Balaban J connectivity index is 1.99. The molecule has 4 heteroatoms. The monoisotopic (exact) mass is 284 g/mol. The third-order valence-electron chi connectivity index (χ3n) is 3.77. The van der Waals surface area contributed by atoms with Crippen LogP contribution in [0.25, 0.3) is 0 Å². The number of ether oxygens (including phenoxy) is 2. The predicted octanol–water partition coefficient (Wildman–Crippen LogP) is 2.78. The number of nitrogens with zero attached hydrogens (tertiary/aromatic N) is 1. The van der Waals surface area contributed by atoms with Crippen LogP contribution < -0.4 is 14.8 Å². The second-order valence-corrected chi connectivity index (χ2v) is 5.25. The Kier molecular flexibility index (Phi) is 3.80. The molecule has 0 aliphatic carbocycles. The van der Waals surface area contributed by atoms with E-state index in [4.69, 9.17) is 9.47 Å². The van der Waals surface area contributed by atoms with Crippen molar-refractivity contribution < 1.29 is 9.47 Å². The van der Waals surface area contributed by atoms with Gasteiger partial charge in [0.05, 0.1) is 6.04 Å². The average molecular weight is 284 g/mol. The van der Waals surface area contributed by atoms with Crippen molar-refractivity contribution >= 4 is 0 Å². The maximum absolute atomic E-state index is 5.68. The lowest BCUT2D eigenvalue weighted by Gasteiger charge is -2.23. The van der Waals surface area contributed by atoms with Crippen molar-refractivity contribution in [2.24, 2.45) is 0 Å². The quantitative estimate of drug-likeness (QED) is 0.941. The van der Waals surface area contributed by atoms with Gasteiger partial charge in [0.1, 0.15) is 13.2 Å². The van der Waals surface area contributed by atoms with Gasteiger partial charge < -0.3 is 14.8 Å². The summed E-state index contributed by atoms with van der Waals surface area (Å²) < 4.78 is 11.3. The molecule has 1 aromatic heterocycles. The minimum absolute atomic E-state index is 0.0916. The van der Waals surface area contributed by atoms with Crippen LogP contribution in [0.5, 0.6) is 11.5 Å². The Hall–Kier alpha value is -2.07. The Labute approximate surface area is 125 Å². The molecule has 0 saturated heterocycles. The Morgan fingerprint density at radius 3 is 2.52 bits per heavy atom. The molecule has 0 amide bonds. The van der Waals surface area contributed by atoms with E-state index in [-0.39, 0.29) is 6.04 Å². The molecule has 2 aromatic rings. The van der Waals surface area contributed by atoms with Crippen LogP contribution in [0.2, 0.25) is 0 Å². The Morgan fingerprint density at radius 1 is 1.05 bits per heavy atom. The molecule has 1 N–H and O–H groups in total. The fourth-order valence-corrected chi connectivity index (χ4v) is 2.74. The van der Waals surface area contributed by atoms with Gasteiger partial charge in [-0.3, -0.25) is 4.98 Å². The largest absolute Gasteiger partial charge is 0.486 e. The molecule has 1 unspecified atom stereocenters. The van der Waals surface area contributed by atoms with E-state index in [0.29, 0.717) is 13.2 Å². The van der Waals surface area contributed by atoms with Crippen molar-refractivity contribution in [3.05, 3.63) is 52.8 Å². The minimum Gasteiger partial charge on any atom is -0.486 e. The minimum atomic E-state index is 0.0916. The lowest BCUT2D eigenvalue weighted by atomic mass is 9.97. The van der Waals surface area contributed by atoms with Crippen molar-refractivity contribution in [1.29, 1.82) is 0 Å². The highest BCUT2D eigenvalue weighted by Crippen LogP contribution is 2.34. The smallest absolute Gasteiger partial charge is 0.161 e. The van der Waals surface area contributed by atoms with Crippen molar-refractivity contribution in [2.75, 3.05) is 20.3 Å². The summed E-state index contributed by atoms with van der Waals surface area (Å²) in [5.41, 5.74) is 4.41. The first-order valence-corrected chi connectivity index (χ1v) is 7.20. The zero-order valence-corrected chi connectivity index (χ0v) is 12.6. The van der Waals surface area contributed by atoms with E-state index in [0.717, 1.165) is 28.5 Å². The second kappa shape index (κ2) is 5.74. The Bertz CT molecular complexity index is 655. The summed E-state index contributed by atoms with van der Waals surface area (Å²) in [7, 11) is 1.96. The number of pyridine rings is 1. The van der Waals surface area contributed by atoms with Crippen molar-refractivity contribution in [3.8, 4) is 11.5 Å². The molecule has 0 bridgehead atoms. The fourth-order valence-electron chi connectivity index (χ4n) is 2.74. The fraction of sp³-hybridized carbons (Fsp3) is 0.353. The predicted molar refractivity (Wildman–Crippen MR) is 82.0 cm³/mol. The molecular weight excluding hydrogens is 264 g/mol. The molecular formula is C17H20N2O2. The Morgan fingerprint density at radius 2 is 1.81 bits per heavy atom. The van der Waals surface area contributed by atoms with Crippen LogP contribution in [0, 0.1) is 13.8 Å². The highest BCUT2D eigenvalue weighted by atomic mass is 16.6. The zero-order chi connectivity index (χ0) is 14.8. The first-order valence-electron chi connectivity index (χ1n) is 7.20. The summed E-state index contributed by atoms with van der Waals surface area (Å²) >= 11 is 0. The highest BCUT2D eigenvalue weighted by Gasteiger charge is 2.19. The van der Waals surface area contributed by atoms with Crippen LogP contribution in [-0.2, 0) is 0 Å². The van der Waals surface area contributed by atoms with Crippen LogP contribution in [-0.4, -0.2) is 25.2 Å². The lowest BCUT2D eigenvalue weighted by molar-refractivity contribution is 0.171. The van der Waals surface area contributed by atoms with E-state index in [1.54, 1.807) is 0 Å². The van der Waals surface area contributed by atoms with Gasteiger partial charge in [0.15, 0.2) is 11.5 Å². The van der Waals surface area contributed by atoms with Gasteiger partial charge in [0.2, 0.25) is 0 Å². The van der Waals surface area contributed by atoms with Crippen LogP contribution in [0.1, 0.15) is 28.6 Å². The first-order chi connectivity index (χ1) is 10.2. The van der Waals surface area contributed by atoms with E-state index in [1.807, 2.05) is 33.0 Å². The maximum atomic E-state index is 5.68. The van der Waals surface area contributed by atoms with E-state index < -0.39 is 0 Å². The summed E-state index contributed by atoms with van der Waals surface area (Å²) in [6.45, 7) is 5.27. The topological polar surface area (TPSA) is 43.4 Å². The molecule has 0 fully saturated rings. The molecule has 1 aliphatic heterocycles. The van der Waals surface area contributed by atoms with Gasteiger partial charge in [-0.25, -0.2) is 0 Å². The number of hydrogen-bond acceptors (Lipinski definition) is 4. The molecule has 0 radical (unpaired) electrons. The number of nitrogens with one attached hydrogen (secondary N) is 1. The second-order valence-electron chi connectivity index (χ2n) is 5.25. The summed E-state index contributed by atoms with van der Waals surface area (Å²) in [6, 6.07) is 10.4. The summed E-state index contributed by atoms with van der Waals surface area (Å²) in [6.07, 6.45) is 0. The number of benzene rings is 1. The van der Waals surface area contributed by atoms with E-state index in [9.17, 15) is 0 Å². The number of aryl methyl sites for hydroxylation is 2. The van der Waals surface area contributed by atoms with Gasteiger partial charge in [0.25, 0.3) is 0 Å². The number of hydrogen-bond donors (Lipinski definition) is 1. The van der Waals surface area contributed by atoms with Gasteiger partial charge in [-0.05, 0) is 50.2 Å². The third kappa shape index (κ3) is 2.72. The molecule has 3 rings (SSSR count). The lowest BCUT2D eigenvalue weighted by Crippen LogP contribution is -2.20. The number of fused-ring (bicyclic) bond motifs is 1. The molecule has 0 saturated carbocycles. The summed E-state index contributed by atoms with van der Waals surface area (Å²) in [4.78, 5) is 4.56. The van der Waals surface area contributed by atoms with E-state index >= 15 is 0 Å². The maximum Gasteiger partial charge on any atom is 0.161 e. The van der Waals surface area contributed by atoms with Gasteiger partial charge in [-0.2, -0.15) is 0 Å². The molecule has 21 heavy (non-hydrogen) atoms. The van der Waals surface area contributed by atoms with Crippen LogP contribution in [0.15, 0.2) is 30.3 Å². The molecule has 1 atom stereocenters. The van der Waals surface area contributed by atoms with Gasteiger partial charge in [-0.1, -0.05) is 12.1 Å². The standard InChI is InChI=1S/C17H20N2O2/c1-11-4-6-14(12(2)19-11)17(18-3)13-5-7-15-16(10-13)21-9-8-20-15/h4-7,10,17-18H,8-9H2,1-3H3. The molecule has 2 heterocycles. The molecule has 1 aliphatic rings. The average Bonchev–Trinajstić information content (AvgIpc) is 2.50. The zero-order valence-electron chi connectivity index (χ0n) is 12.6. The van der Waals surface area contributed by atoms with Gasteiger partial charge in [-0.15, -0.1) is 0 Å². The number of rotatable bonds is 3. The first kappa shape index (κ1) is 13.9. The summed E-state index contributed by atoms with van der Waals surface area (Å²) in [5.74, 6) is 1.63. The van der Waals surface area contributed by atoms with Crippen molar-refractivity contribution in [2.45, 2.75) is 19.9 Å². The van der Waals surface area contributed by atoms with Crippen LogP contribution in [0.3, 0.4) is 0 Å². The SMILES string of the molecule is CNC(c1ccc2c(c1)OCCO2)c1ccc(C)nc1C. The van der Waals surface area contributed by atoms with Crippen LogP contribution >= 0.6 is 0 Å². The van der Waals surface area contributed by atoms with E-state index in [1.165, 1.54) is 5.56 Å². The van der Waals surface area contributed by atoms with Crippen molar-refractivity contribution in [1.82, 2.24) is 10.3 Å². The third-order valence-corrected chi connectivity index (χ3v) is 3.77. The molecule has 1 aromatic carbocycles. The molecule has 110 valence electrons.